The molecule has 0 aromatic carbocycles. The Morgan fingerprint density at radius 2 is 2.43 bits per heavy atom. The molecule has 2 aliphatic rings. The van der Waals surface area contributed by atoms with Crippen molar-refractivity contribution in [2.75, 3.05) is 13.2 Å². The van der Waals surface area contributed by atoms with Crippen LogP contribution in [-0.4, -0.2) is 57.0 Å². The van der Waals surface area contributed by atoms with Gasteiger partial charge in [-0.15, -0.1) is 0 Å². The molecule has 1 saturated carbocycles. The highest BCUT2D eigenvalue weighted by Gasteiger charge is 2.42. The summed E-state index contributed by atoms with van der Waals surface area (Å²) >= 11 is 0. The number of aromatic nitrogens is 2. The molecule has 118 valence electrons. The van der Waals surface area contributed by atoms with Crippen molar-refractivity contribution in [1.82, 2.24) is 15.1 Å². The Morgan fingerprint density at radius 3 is 3.05 bits per heavy atom. The van der Waals surface area contributed by atoms with Crippen molar-refractivity contribution in [1.29, 1.82) is 0 Å². The summed E-state index contributed by atoms with van der Waals surface area (Å²) in [6, 6.07) is 1.98. The SMILES string of the molecule is CC1(CC(O)CNC2CC(O)C2n2cccn2)CCCO1. The zero-order valence-electron chi connectivity index (χ0n) is 12.5. The van der Waals surface area contributed by atoms with Crippen LogP contribution in [0, 0.1) is 0 Å². The van der Waals surface area contributed by atoms with Crippen LogP contribution in [0.3, 0.4) is 0 Å². The summed E-state index contributed by atoms with van der Waals surface area (Å²) in [6.45, 7) is 3.39. The van der Waals surface area contributed by atoms with Crippen molar-refractivity contribution in [3.05, 3.63) is 18.5 Å². The molecule has 6 nitrogen and oxygen atoms in total. The van der Waals surface area contributed by atoms with E-state index < -0.39 is 6.10 Å². The van der Waals surface area contributed by atoms with Gasteiger partial charge in [0.1, 0.15) is 0 Å². The standard InChI is InChI=1S/C15H25N3O3/c1-15(4-2-7-21-15)9-11(19)10-16-12-8-13(20)14(12)18-6-3-5-17-18/h3,5-6,11-14,16,19-20H,2,4,7-10H2,1H3. The zero-order chi connectivity index (χ0) is 14.9. The molecule has 3 rings (SSSR count). The number of nitrogens with one attached hydrogen (secondary N) is 1. The van der Waals surface area contributed by atoms with Crippen molar-refractivity contribution in [3.8, 4) is 0 Å². The monoisotopic (exact) mass is 295 g/mol. The summed E-state index contributed by atoms with van der Waals surface area (Å²) in [6.07, 6.45) is 6.24. The summed E-state index contributed by atoms with van der Waals surface area (Å²) in [5, 5.41) is 27.6. The van der Waals surface area contributed by atoms with E-state index in [1.807, 2.05) is 12.3 Å². The average Bonchev–Trinajstić information content (AvgIpc) is 3.06. The van der Waals surface area contributed by atoms with Crippen molar-refractivity contribution >= 4 is 0 Å². The highest BCUT2D eigenvalue weighted by atomic mass is 16.5. The normalized spacial score (nSPS) is 37.4. The van der Waals surface area contributed by atoms with Crippen LogP contribution < -0.4 is 5.32 Å². The van der Waals surface area contributed by atoms with E-state index in [1.165, 1.54) is 0 Å². The molecular formula is C15H25N3O3. The Labute approximate surface area is 125 Å². The molecule has 0 radical (unpaired) electrons. The lowest BCUT2D eigenvalue weighted by atomic mass is 9.82. The van der Waals surface area contributed by atoms with Gasteiger partial charge in [-0.05, 0) is 32.3 Å². The Hall–Kier alpha value is -0.950. The number of aliphatic hydroxyl groups excluding tert-OH is 2. The first-order chi connectivity index (χ1) is 10.1. The molecule has 0 amide bonds. The van der Waals surface area contributed by atoms with Gasteiger partial charge in [-0.1, -0.05) is 0 Å². The van der Waals surface area contributed by atoms with Gasteiger partial charge in [0.05, 0.1) is 23.9 Å². The van der Waals surface area contributed by atoms with Gasteiger partial charge in [0, 0.05) is 38.0 Å². The maximum Gasteiger partial charge on any atom is 0.0932 e. The van der Waals surface area contributed by atoms with E-state index in [0.717, 1.165) is 19.4 Å². The van der Waals surface area contributed by atoms with Crippen LogP contribution in [0.25, 0.3) is 0 Å². The number of rotatable bonds is 6. The Morgan fingerprint density at radius 1 is 1.57 bits per heavy atom. The van der Waals surface area contributed by atoms with E-state index in [-0.39, 0.29) is 23.8 Å². The van der Waals surface area contributed by atoms with E-state index in [0.29, 0.717) is 19.4 Å². The minimum absolute atomic E-state index is 0.0366. The topological polar surface area (TPSA) is 79.5 Å². The third-order valence-electron chi connectivity index (χ3n) is 4.72. The number of ether oxygens (including phenoxy) is 1. The highest BCUT2D eigenvalue weighted by Crippen LogP contribution is 2.33. The molecule has 1 aliphatic carbocycles. The first-order valence-corrected chi connectivity index (χ1v) is 7.80. The Balaban J connectivity index is 1.46. The molecule has 1 aromatic heterocycles. The first-order valence-electron chi connectivity index (χ1n) is 7.80. The van der Waals surface area contributed by atoms with Crippen LogP contribution >= 0.6 is 0 Å². The van der Waals surface area contributed by atoms with Crippen LogP contribution in [0.4, 0.5) is 0 Å². The third kappa shape index (κ3) is 3.29. The maximum atomic E-state index is 10.2. The quantitative estimate of drug-likeness (QED) is 0.711. The number of hydrogen-bond donors (Lipinski definition) is 3. The van der Waals surface area contributed by atoms with E-state index >= 15 is 0 Å². The minimum atomic E-state index is -0.427. The lowest BCUT2D eigenvalue weighted by molar-refractivity contribution is -0.0314. The summed E-state index contributed by atoms with van der Waals surface area (Å²) in [7, 11) is 0. The van der Waals surface area contributed by atoms with Crippen molar-refractivity contribution in [2.45, 2.75) is 62.5 Å². The van der Waals surface area contributed by atoms with Crippen molar-refractivity contribution < 1.29 is 14.9 Å². The largest absolute Gasteiger partial charge is 0.392 e. The second-order valence-corrected chi connectivity index (χ2v) is 6.55. The fraction of sp³-hybridized carbons (Fsp3) is 0.800. The van der Waals surface area contributed by atoms with Crippen molar-refractivity contribution in [2.24, 2.45) is 0 Å². The fourth-order valence-electron chi connectivity index (χ4n) is 3.49. The van der Waals surface area contributed by atoms with E-state index in [1.54, 1.807) is 10.9 Å². The molecule has 5 unspecified atom stereocenters. The second-order valence-electron chi connectivity index (χ2n) is 6.55. The van der Waals surface area contributed by atoms with Crippen LogP contribution in [0.15, 0.2) is 18.5 Å². The molecule has 2 fully saturated rings. The third-order valence-corrected chi connectivity index (χ3v) is 4.72. The molecule has 3 N–H and O–H groups in total. The Kier molecular flexibility index (Phi) is 4.31. The molecular weight excluding hydrogens is 270 g/mol. The van der Waals surface area contributed by atoms with Gasteiger partial charge >= 0.3 is 0 Å². The average molecular weight is 295 g/mol. The van der Waals surface area contributed by atoms with Gasteiger partial charge in [-0.25, -0.2) is 0 Å². The predicted molar refractivity (Wildman–Crippen MR) is 77.9 cm³/mol. The van der Waals surface area contributed by atoms with E-state index in [9.17, 15) is 10.2 Å². The van der Waals surface area contributed by atoms with E-state index in [2.05, 4.69) is 17.3 Å². The molecule has 1 aromatic rings. The summed E-state index contributed by atoms with van der Waals surface area (Å²) < 4.78 is 7.50. The molecule has 6 heteroatoms. The van der Waals surface area contributed by atoms with Crippen molar-refractivity contribution in [3.63, 3.8) is 0 Å². The zero-order valence-corrected chi connectivity index (χ0v) is 12.5. The molecule has 21 heavy (non-hydrogen) atoms. The molecule has 2 heterocycles. The van der Waals surface area contributed by atoms with Crippen LogP contribution in [0.1, 0.15) is 38.6 Å². The number of hydrogen-bond acceptors (Lipinski definition) is 5. The lowest BCUT2D eigenvalue weighted by Crippen LogP contribution is -2.56. The number of nitrogens with zero attached hydrogens (tertiary/aromatic N) is 2. The molecule has 5 atom stereocenters. The predicted octanol–water partition coefficient (Wildman–Crippen LogP) is 0.467. The summed E-state index contributed by atoms with van der Waals surface area (Å²) in [5.41, 5.74) is -0.179. The second kappa shape index (κ2) is 6.04. The van der Waals surface area contributed by atoms with Gasteiger partial charge in [-0.2, -0.15) is 5.10 Å². The summed E-state index contributed by atoms with van der Waals surface area (Å²) in [4.78, 5) is 0. The first kappa shape index (κ1) is 15.0. The fourth-order valence-corrected chi connectivity index (χ4v) is 3.49. The van der Waals surface area contributed by atoms with Crippen LogP contribution in [0.2, 0.25) is 0 Å². The smallest absolute Gasteiger partial charge is 0.0932 e. The van der Waals surface area contributed by atoms with Crippen LogP contribution in [-0.2, 0) is 4.74 Å². The van der Waals surface area contributed by atoms with Crippen LogP contribution in [0.5, 0.6) is 0 Å². The molecule has 1 saturated heterocycles. The maximum absolute atomic E-state index is 10.2. The van der Waals surface area contributed by atoms with Gasteiger partial charge in [0.25, 0.3) is 0 Å². The lowest BCUT2D eigenvalue weighted by Gasteiger charge is -2.42. The highest BCUT2D eigenvalue weighted by molar-refractivity contribution is 5.00. The Bertz CT molecular complexity index is 445. The molecule has 0 bridgehead atoms. The van der Waals surface area contributed by atoms with E-state index in [4.69, 9.17) is 4.74 Å². The van der Waals surface area contributed by atoms with Gasteiger partial charge in [0.2, 0.25) is 0 Å². The molecule has 1 aliphatic heterocycles. The van der Waals surface area contributed by atoms with Gasteiger partial charge in [0.15, 0.2) is 0 Å². The van der Waals surface area contributed by atoms with Gasteiger partial charge in [-0.3, -0.25) is 4.68 Å². The van der Waals surface area contributed by atoms with Gasteiger partial charge < -0.3 is 20.3 Å². The number of aliphatic hydroxyl groups is 2. The summed E-state index contributed by atoms with van der Waals surface area (Å²) in [5.74, 6) is 0. The molecule has 0 spiro atoms. The minimum Gasteiger partial charge on any atom is -0.392 e.